The summed E-state index contributed by atoms with van der Waals surface area (Å²) in [6.45, 7) is 1.11. The van der Waals surface area contributed by atoms with E-state index in [4.69, 9.17) is 10.00 Å². The van der Waals surface area contributed by atoms with Crippen LogP contribution in [0.5, 0.6) is 5.75 Å². The van der Waals surface area contributed by atoms with E-state index in [9.17, 15) is 18.5 Å². The summed E-state index contributed by atoms with van der Waals surface area (Å²) < 4.78 is 31.7. The number of ether oxygens (including phenoxy) is 1. The number of hydrogen-bond acceptors (Lipinski definition) is 6. The summed E-state index contributed by atoms with van der Waals surface area (Å²) in [6, 6.07) is 5.73. The molecular weight excluding hydrogens is 334 g/mol. The lowest BCUT2D eigenvalue weighted by molar-refractivity contribution is -0.386. The Morgan fingerprint density at radius 1 is 1.29 bits per heavy atom. The molecule has 0 spiro atoms. The van der Waals surface area contributed by atoms with Crippen LogP contribution in [-0.4, -0.2) is 37.3 Å². The fourth-order valence-corrected chi connectivity index (χ4v) is 4.03. The molecule has 1 fully saturated rings. The summed E-state index contributed by atoms with van der Waals surface area (Å²) in [5, 5.41) is 19.7. The highest BCUT2D eigenvalue weighted by atomic mass is 32.2. The van der Waals surface area contributed by atoms with Crippen LogP contribution in [0.3, 0.4) is 0 Å². The van der Waals surface area contributed by atoms with Gasteiger partial charge in [0.25, 0.3) is 0 Å². The second-order valence-corrected chi connectivity index (χ2v) is 7.40. The van der Waals surface area contributed by atoms with E-state index >= 15 is 0 Å². The monoisotopic (exact) mass is 353 g/mol. The van der Waals surface area contributed by atoms with Gasteiger partial charge in [-0.15, -0.1) is 0 Å². The summed E-state index contributed by atoms with van der Waals surface area (Å²) >= 11 is 0. The van der Waals surface area contributed by atoms with Crippen molar-refractivity contribution in [2.45, 2.75) is 37.0 Å². The Balaban J connectivity index is 2.17. The van der Waals surface area contributed by atoms with Crippen molar-refractivity contribution in [1.29, 1.82) is 5.26 Å². The number of rotatable bonds is 8. The van der Waals surface area contributed by atoms with Crippen LogP contribution in [0.15, 0.2) is 23.1 Å². The number of benzene rings is 1. The SMILES string of the molecule is N#CCCCCOc1ccc(S(=O)(=O)N2CCCC2)cc1[N+](=O)[O-]. The molecule has 0 aromatic heterocycles. The average molecular weight is 353 g/mol. The summed E-state index contributed by atoms with van der Waals surface area (Å²) in [5.74, 6) is 0.0392. The molecule has 0 N–H and O–H groups in total. The first-order chi connectivity index (χ1) is 11.5. The molecule has 0 atom stereocenters. The molecule has 0 aliphatic carbocycles. The van der Waals surface area contributed by atoms with Gasteiger partial charge in [-0.1, -0.05) is 0 Å². The van der Waals surface area contributed by atoms with Crippen molar-refractivity contribution in [3.63, 3.8) is 0 Å². The Kier molecular flexibility index (Phi) is 6.11. The largest absolute Gasteiger partial charge is 0.487 e. The number of nitro benzene ring substituents is 1. The maximum atomic E-state index is 12.5. The van der Waals surface area contributed by atoms with Crippen molar-refractivity contribution >= 4 is 15.7 Å². The van der Waals surface area contributed by atoms with Gasteiger partial charge in [-0.2, -0.15) is 9.57 Å². The molecule has 130 valence electrons. The van der Waals surface area contributed by atoms with Crippen LogP contribution < -0.4 is 4.74 Å². The number of nitro groups is 1. The van der Waals surface area contributed by atoms with Gasteiger partial charge in [0.15, 0.2) is 5.75 Å². The Morgan fingerprint density at radius 3 is 2.62 bits per heavy atom. The lowest BCUT2D eigenvalue weighted by Crippen LogP contribution is -2.27. The first-order valence-electron chi connectivity index (χ1n) is 7.75. The number of hydrogen-bond donors (Lipinski definition) is 0. The lowest BCUT2D eigenvalue weighted by atomic mass is 10.2. The van der Waals surface area contributed by atoms with E-state index in [1.165, 1.54) is 16.4 Å². The van der Waals surface area contributed by atoms with Crippen LogP contribution >= 0.6 is 0 Å². The van der Waals surface area contributed by atoms with Gasteiger partial charge in [-0.05, 0) is 37.8 Å². The quantitative estimate of drug-likeness (QED) is 0.403. The summed E-state index contributed by atoms with van der Waals surface area (Å²) in [4.78, 5) is 10.5. The molecule has 1 aliphatic heterocycles. The summed E-state index contributed by atoms with van der Waals surface area (Å²) in [5.41, 5.74) is -0.365. The van der Waals surface area contributed by atoms with Crippen LogP contribution in [0.25, 0.3) is 0 Å². The molecular formula is C15H19N3O5S. The van der Waals surface area contributed by atoms with E-state index in [0.717, 1.165) is 18.9 Å². The van der Waals surface area contributed by atoms with Crippen molar-refractivity contribution in [3.8, 4) is 11.8 Å². The molecule has 9 heteroatoms. The zero-order valence-corrected chi connectivity index (χ0v) is 14.0. The van der Waals surface area contributed by atoms with Gasteiger partial charge < -0.3 is 4.74 Å². The van der Waals surface area contributed by atoms with Gasteiger partial charge in [0.1, 0.15) is 0 Å². The molecule has 1 heterocycles. The molecule has 8 nitrogen and oxygen atoms in total. The minimum atomic E-state index is -3.71. The van der Waals surface area contributed by atoms with Gasteiger partial charge in [0.05, 0.1) is 22.5 Å². The molecule has 1 saturated heterocycles. The second kappa shape index (κ2) is 8.08. The van der Waals surface area contributed by atoms with E-state index < -0.39 is 14.9 Å². The molecule has 0 unspecified atom stereocenters. The van der Waals surface area contributed by atoms with Crippen molar-refractivity contribution < 1.29 is 18.1 Å². The Bertz CT molecular complexity index is 736. The van der Waals surface area contributed by atoms with Crippen LogP contribution in [0.2, 0.25) is 0 Å². The highest BCUT2D eigenvalue weighted by Crippen LogP contribution is 2.31. The van der Waals surface area contributed by atoms with Crippen LogP contribution in [0, 0.1) is 21.4 Å². The van der Waals surface area contributed by atoms with Gasteiger partial charge in [-0.3, -0.25) is 10.1 Å². The first-order valence-corrected chi connectivity index (χ1v) is 9.19. The third kappa shape index (κ3) is 4.21. The maximum absolute atomic E-state index is 12.5. The molecule has 2 rings (SSSR count). The van der Waals surface area contributed by atoms with E-state index in [-0.39, 0.29) is 22.9 Å². The average Bonchev–Trinajstić information content (AvgIpc) is 3.09. The van der Waals surface area contributed by atoms with E-state index in [1.807, 2.05) is 6.07 Å². The fraction of sp³-hybridized carbons (Fsp3) is 0.533. The normalized spacial score (nSPS) is 15.1. The molecule has 0 bridgehead atoms. The number of unbranched alkanes of at least 4 members (excludes halogenated alkanes) is 2. The van der Waals surface area contributed by atoms with Gasteiger partial charge in [0, 0.05) is 25.6 Å². The Labute approximate surface area is 140 Å². The van der Waals surface area contributed by atoms with Crippen LogP contribution in [0.1, 0.15) is 32.1 Å². The zero-order valence-electron chi connectivity index (χ0n) is 13.2. The first kappa shape index (κ1) is 18.2. The van der Waals surface area contributed by atoms with Crippen LogP contribution in [-0.2, 0) is 10.0 Å². The van der Waals surface area contributed by atoms with E-state index in [0.29, 0.717) is 32.4 Å². The lowest BCUT2D eigenvalue weighted by Gasteiger charge is -2.15. The second-order valence-electron chi connectivity index (χ2n) is 5.46. The third-order valence-electron chi connectivity index (χ3n) is 3.77. The highest BCUT2D eigenvalue weighted by Gasteiger charge is 2.29. The molecule has 1 aromatic carbocycles. The van der Waals surface area contributed by atoms with Crippen molar-refractivity contribution in [2.75, 3.05) is 19.7 Å². The highest BCUT2D eigenvalue weighted by molar-refractivity contribution is 7.89. The van der Waals surface area contributed by atoms with Gasteiger partial charge in [-0.25, -0.2) is 8.42 Å². The Hall–Kier alpha value is -2.18. The standard InChI is InChI=1S/C15H19N3O5S/c16-8-2-1-5-11-23-15-7-6-13(12-14(15)18(19)20)24(21,22)17-9-3-4-10-17/h6-7,12H,1-5,9-11H2. The van der Waals surface area contributed by atoms with Crippen molar-refractivity contribution in [3.05, 3.63) is 28.3 Å². The van der Waals surface area contributed by atoms with Crippen molar-refractivity contribution in [2.24, 2.45) is 0 Å². The molecule has 0 saturated carbocycles. The Morgan fingerprint density at radius 2 is 2.00 bits per heavy atom. The molecule has 1 aliphatic rings. The van der Waals surface area contributed by atoms with Gasteiger partial charge >= 0.3 is 5.69 Å². The fourth-order valence-electron chi connectivity index (χ4n) is 2.49. The topological polar surface area (TPSA) is 114 Å². The van der Waals surface area contributed by atoms with E-state index in [1.54, 1.807) is 0 Å². The van der Waals surface area contributed by atoms with Crippen LogP contribution in [0.4, 0.5) is 5.69 Å². The van der Waals surface area contributed by atoms with Gasteiger partial charge in [0.2, 0.25) is 10.0 Å². The van der Waals surface area contributed by atoms with E-state index in [2.05, 4.69) is 0 Å². The molecule has 24 heavy (non-hydrogen) atoms. The molecule has 0 radical (unpaired) electrons. The zero-order chi connectivity index (χ0) is 17.6. The predicted molar refractivity (Wildman–Crippen MR) is 86.0 cm³/mol. The summed E-state index contributed by atoms with van der Waals surface area (Å²) in [7, 11) is -3.71. The predicted octanol–water partition coefficient (Wildman–Crippen LogP) is 2.45. The number of nitriles is 1. The molecule has 0 amide bonds. The summed E-state index contributed by atoms with van der Waals surface area (Å²) in [6.07, 6.45) is 3.24. The third-order valence-corrected chi connectivity index (χ3v) is 5.67. The minimum Gasteiger partial charge on any atom is -0.487 e. The number of sulfonamides is 1. The van der Waals surface area contributed by atoms with Crippen molar-refractivity contribution in [1.82, 2.24) is 4.31 Å². The number of nitrogens with zero attached hydrogens (tertiary/aromatic N) is 3. The maximum Gasteiger partial charge on any atom is 0.312 e. The smallest absolute Gasteiger partial charge is 0.312 e. The minimum absolute atomic E-state index is 0.0392. The molecule has 1 aromatic rings.